The normalized spacial score (nSPS) is 13.7. The Labute approximate surface area is 120 Å². The topological polar surface area (TPSA) is 60.5 Å². The second kappa shape index (κ2) is 7.24. The Hall–Kier alpha value is -1.62. The van der Waals surface area contributed by atoms with Crippen LogP contribution < -0.4 is 10.1 Å². The Morgan fingerprint density at radius 3 is 2.65 bits per heavy atom. The van der Waals surface area contributed by atoms with E-state index in [0.717, 1.165) is 12.0 Å². The third kappa shape index (κ3) is 3.93. The van der Waals surface area contributed by atoms with E-state index >= 15 is 0 Å². The highest BCUT2D eigenvalue weighted by Gasteiger charge is 2.32. The summed E-state index contributed by atoms with van der Waals surface area (Å²) in [5.41, 5.74) is 0.704. The molecule has 5 nitrogen and oxygen atoms in total. The predicted molar refractivity (Wildman–Crippen MR) is 79.1 cm³/mol. The molecule has 0 spiro atoms. The molecule has 0 bridgehead atoms. The molecular formula is C15H24N2O3. The van der Waals surface area contributed by atoms with Crippen LogP contribution >= 0.6 is 0 Å². The molecule has 5 heteroatoms. The van der Waals surface area contributed by atoms with E-state index in [4.69, 9.17) is 9.47 Å². The van der Waals surface area contributed by atoms with Crippen LogP contribution in [-0.2, 0) is 9.53 Å². The van der Waals surface area contributed by atoms with Crippen LogP contribution in [0.2, 0.25) is 0 Å². The quantitative estimate of drug-likeness (QED) is 0.834. The van der Waals surface area contributed by atoms with Gasteiger partial charge in [0.2, 0.25) is 5.88 Å². The molecule has 1 aromatic rings. The lowest BCUT2D eigenvalue weighted by molar-refractivity contribution is -0.139. The molecule has 20 heavy (non-hydrogen) atoms. The van der Waals surface area contributed by atoms with E-state index in [0.29, 0.717) is 24.6 Å². The highest BCUT2D eigenvalue weighted by molar-refractivity contribution is 5.97. The summed E-state index contributed by atoms with van der Waals surface area (Å²) in [7, 11) is 1.57. The molecule has 0 aromatic carbocycles. The largest absolute Gasteiger partial charge is 0.481 e. The van der Waals surface area contributed by atoms with Crippen LogP contribution in [0.5, 0.6) is 5.88 Å². The van der Waals surface area contributed by atoms with Crippen LogP contribution in [0, 0.1) is 6.92 Å². The van der Waals surface area contributed by atoms with Gasteiger partial charge in [0.15, 0.2) is 0 Å². The van der Waals surface area contributed by atoms with Crippen molar-refractivity contribution in [2.24, 2.45) is 0 Å². The summed E-state index contributed by atoms with van der Waals surface area (Å²) in [6.07, 6.45) is 3.08. The van der Waals surface area contributed by atoms with Crippen molar-refractivity contribution in [1.29, 1.82) is 0 Å². The van der Waals surface area contributed by atoms with Crippen LogP contribution in [0.25, 0.3) is 0 Å². The smallest absolute Gasteiger partial charge is 0.256 e. The first-order valence-electron chi connectivity index (χ1n) is 6.92. The van der Waals surface area contributed by atoms with Crippen molar-refractivity contribution in [3.8, 4) is 5.88 Å². The average Bonchev–Trinajstić information content (AvgIpc) is 2.44. The molecule has 0 aliphatic heterocycles. The number of ether oxygens (including phenoxy) is 2. The van der Waals surface area contributed by atoms with Gasteiger partial charge in [-0.2, -0.15) is 0 Å². The van der Waals surface area contributed by atoms with Crippen molar-refractivity contribution >= 4 is 11.6 Å². The molecule has 1 rings (SSSR count). The number of anilines is 1. The van der Waals surface area contributed by atoms with E-state index in [1.165, 1.54) is 0 Å². The van der Waals surface area contributed by atoms with E-state index < -0.39 is 5.60 Å². The van der Waals surface area contributed by atoms with Crippen molar-refractivity contribution in [3.63, 3.8) is 0 Å². The van der Waals surface area contributed by atoms with Crippen molar-refractivity contribution in [1.82, 2.24) is 4.98 Å². The van der Waals surface area contributed by atoms with Crippen LogP contribution in [-0.4, -0.2) is 30.2 Å². The van der Waals surface area contributed by atoms with Gasteiger partial charge in [0.25, 0.3) is 5.91 Å². The number of nitrogens with zero attached hydrogens (tertiary/aromatic N) is 1. The number of amides is 1. The van der Waals surface area contributed by atoms with Crippen LogP contribution in [0.4, 0.5) is 5.69 Å². The standard InChI is InChI=1S/C15H24N2O3/c1-6-8-20-15(4,7-2)14(18)17-12-9-11(3)13(19-5)16-10-12/h9-10H,6-8H2,1-5H3,(H,17,18)/t15-/m1/s1. The van der Waals surface area contributed by atoms with E-state index in [1.54, 1.807) is 13.3 Å². The summed E-state index contributed by atoms with van der Waals surface area (Å²) in [6.45, 7) is 8.21. The number of rotatable bonds is 7. The van der Waals surface area contributed by atoms with Gasteiger partial charge in [-0.1, -0.05) is 13.8 Å². The fraction of sp³-hybridized carbons (Fsp3) is 0.600. The van der Waals surface area contributed by atoms with E-state index in [1.807, 2.05) is 33.8 Å². The number of methoxy groups -OCH3 is 1. The maximum Gasteiger partial charge on any atom is 0.256 e. The predicted octanol–water partition coefficient (Wildman–Crippen LogP) is 2.93. The van der Waals surface area contributed by atoms with Crippen LogP contribution in [0.1, 0.15) is 39.2 Å². The number of carbonyl (C=O) groups excluding carboxylic acids is 1. The molecule has 1 aromatic heterocycles. The first kappa shape index (κ1) is 16.4. The summed E-state index contributed by atoms with van der Waals surface area (Å²) in [6, 6.07) is 1.83. The van der Waals surface area contributed by atoms with Gasteiger partial charge in [-0.3, -0.25) is 4.79 Å². The zero-order valence-electron chi connectivity index (χ0n) is 12.9. The molecule has 0 radical (unpaired) electrons. The summed E-state index contributed by atoms with van der Waals surface area (Å²) < 4.78 is 10.8. The number of nitrogens with one attached hydrogen (secondary N) is 1. The second-order valence-corrected chi connectivity index (χ2v) is 4.94. The van der Waals surface area contributed by atoms with E-state index in [-0.39, 0.29) is 5.91 Å². The molecule has 0 fully saturated rings. The van der Waals surface area contributed by atoms with Crippen molar-refractivity contribution in [3.05, 3.63) is 17.8 Å². The van der Waals surface area contributed by atoms with Crippen molar-refractivity contribution < 1.29 is 14.3 Å². The molecule has 112 valence electrons. The number of pyridine rings is 1. The maximum absolute atomic E-state index is 12.3. The molecule has 1 amide bonds. The Morgan fingerprint density at radius 2 is 2.15 bits per heavy atom. The minimum atomic E-state index is -0.816. The fourth-order valence-corrected chi connectivity index (χ4v) is 1.76. The second-order valence-electron chi connectivity index (χ2n) is 4.94. The average molecular weight is 280 g/mol. The molecule has 1 heterocycles. The van der Waals surface area contributed by atoms with Crippen molar-refractivity contribution in [2.75, 3.05) is 19.0 Å². The van der Waals surface area contributed by atoms with Gasteiger partial charge in [0.05, 0.1) is 19.0 Å². The summed E-state index contributed by atoms with van der Waals surface area (Å²) in [5.74, 6) is 0.406. The van der Waals surface area contributed by atoms with Gasteiger partial charge in [0.1, 0.15) is 5.60 Å². The first-order valence-corrected chi connectivity index (χ1v) is 6.92. The van der Waals surface area contributed by atoms with Crippen molar-refractivity contribution in [2.45, 2.75) is 46.1 Å². The van der Waals surface area contributed by atoms with Gasteiger partial charge < -0.3 is 14.8 Å². The Morgan fingerprint density at radius 1 is 1.45 bits per heavy atom. The molecule has 0 aliphatic carbocycles. The molecule has 0 aliphatic rings. The molecular weight excluding hydrogens is 256 g/mol. The first-order chi connectivity index (χ1) is 9.46. The zero-order chi connectivity index (χ0) is 15.2. The zero-order valence-corrected chi connectivity index (χ0v) is 12.9. The Balaban J connectivity index is 2.80. The molecule has 0 saturated carbocycles. The molecule has 0 saturated heterocycles. The number of carbonyl (C=O) groups is 1. The Kier molecular flexibility index (Phi) is 5.95. The maximum atomic E-state index is 12.3. The van der Waals surface area contributed by atoms with Gasteiger partial charge in [-0.15, -0.1) is 0 Å². The van der Waals surface area contributed by atoms with Crippen LogP contribution in [0.15, 0.2) is 12.3 Å². The van der Waals surface area contributed by atoms with Gasteiger partial charge in [0, 0.05) is 12.2 Å². The molecule has 0 unspecified atom stereocenters. The number of aromatic nitrogens is 1. The lowest BCUT2D eigenvalue weighted by Crippen LogP contribution is -2.42. The summed E-state index contributed by atoms with van der Waals surface area (Å²) in [5, 5.41) is 2.85. The summed E-state index contributed by atoms with van der Waals surface area (Å²) >= 11 is 0. The minimum absolute atomic E-state index is 0.153. The minimum Gasteiger partial charge on any atom is -0.481 e. The lowest BCUT2D eigenvalue weighted by atomic mass is 10.0. The van der Waals surface area contributed by atoms with Crippen LogP contribution in [0.3, 0.4) is 0 Å². The Bertz CT molecular complexity index is 462. The third-order valence-corrected chi connectivity index (χ3v) is 3.26. The monoisotopic (exact) mass is 280 g/mol. The van der Waals surface area contributed by atoms with Gasteiger partial charge in [-0.25, -0.2) is 4.98 Å². The molecule has 1 N–H and O–H groups in total. The third-order valence-electron chi connectivity index (χ3n) is 3.26. The SMILES string of the molecule is CCCO[C@](C)(CC)C(=O)Nc1cnc(OC)c(C)c1. The highest BCUT2D eigenvalue weighted by atomic mass is 16.5. The number of aryl methyl sites for hydroxylation is 1. The highest BCUT2D eigenvalue weighted by Crippen LogP contribution is 2.21. The number of hydrogen-bond donors (Lipinski definition) is 1. The van der Waals surface area contributed by atoms with Gasteiger partial charge >= 0.3 is 0 Å². The van der Waals surface area contributed by atoms with E-state index in [2.05, 4.69) is 10.3 Å². The summed E-state index contributed by atoms with van der Waals surface area (Å²) in [4.78, 5) is 16.5. The molecule has 1 atom stereocenters. The van der Waals surface area contributed by atoms with E-state index in [9.17, 15) is 4.79 Å². The fourth-order valence-electron chi connectivity index (χ4n) is 1.76. The van der Waals surface area contributed by atoms with Gasteiger partial charge in [-0.05, 0) is 32.8 Å². The lowest BCUT2D eigenvalue weighted by Gasteiger charge is -2.27. The number of hydrogen-bond acceptors (Lipinski definition) is 4.